The van der Waals surface area contributed by atoms with Crippen molar-refractivity contribution < 1.29 is 37.0 Å². The molecule has 1 aromatic carbocycles. The van der Waals surface area contributed by atoms with Crippen LogP contribution >= 0.6 is 0 Å². The molecule has 0 N–H and O–H groups in total. The Bertz CT molecular complexity index is 1440. The second-order valence-electron chi connectivity index (χ2n) is 10.4. The van der Waals surface area contributed by atoms with Gasteiger partial charge in [-0.2, -0.15) is 13.2 Å². The summed E-state index contributed by atoms with van der Waals surface area (Å²) in [5.74, 6) is 0.731. The van der Waals surface area contributed by atoms with Crippen molar-refractivity contribution in [2.24, 2.45) is 0 Å². The monoisotopic (exact) mass is 571 g/mol. The molecule has 3 aliphatic rings. The number of benzene rings is 1. The number of hydrogen-bond donors (Lipinski definition) is 0. The fourth-order valence-electron chi connectivity index (χ4n) is 5.55. The molecule has 4 heterocycles. The second kappa shape index (κ2) is 11.1. The van der Waals surface area contributed by atoms with E-state index in [1.807, 2.05) is 18.2 Å². The van der Waals surface area contributed by atoms with Crippen LogP contribution in [0.1, 0.15) is 44.1 Å². The third-order valence-corrected chi connectivity index (χ3v) is 7.69. The average molecular weight is 572 g/mol. The molecule has 6 rings (SSSR count). The molecular formula is C28H28F3N5O5. The smallest absolute Gasteiger partial charge is 0.417 e. The van der Waals surface area contributed by atoms with Gasteiger partial charge in [0.2, 0.25) is 5.88 Å². The van der Waals surface area contributed by atoms with Crippen molar-refractivity contribution in [3.05, 3.63) is 48.5 Å². The van der Waals surface area contributed by atoms with E-state index in [-0.39, 0.29) is 30.5 Å². The summed E-state index contributed by atoms with van der Waals surface area (Å²) in [6.45, 7) is 1.05. The Morgan fingerprint density at radius 2 is 1.66 bits per heavy atom. The maximum absolute atomic E-state index is 13.1. The minimum absolute atomic E-state index is 0.0605. The highest BCUT2D eigenvalue weighted by molar-refractivity contribution is 6.12. The zero-order chi connectivity index (χ0) is 28.6. The molecule has 216 valence electrons. The van der Waals surface area contributed by atoms with Gasteiger partial charge in [0.15, 0.2) is 0 Å². The van der Waals surface area contributed by atoms with E-state index in [1.54, 1.807) is 0 Å². The molecule has 0 radical (unpaired) electrons. The lowest BCUT2D eigenvalue weighted by Gasteiger charge is -2.33. The summed E-state index contributed by atoms with van der Waals surface area (Å²) in [5, 5.41) is 0.754. The SMILES string of the molecule is O=C1CN(c2cncc(C(F)(F)F)c2)C(=O)N1C1CCC(Oc2ncnc3cc(OC4CCOCC4)ccc23)CC1. The number of hydrogen-bond acceptors (Lipinski definition) is 8. The number of halogens is 3. The van der Waals surface area contributed by atoms with Crippen LogP contribution in [0.5, 0.6) is 11.6 Å². The molecule has 1 saturated carbocycles. The van der Waals surface area contributed by atoms with E-state index >= 15 is 0 Å². The predicted octanol–water partition coefficient (Wildman–Crippen LogP) is 4.76. The van der Waals surface area contributed by atoms with Crippen molar-refractivity contribution in [2.45, 2.75) is 63.0 Å². The molecule has 1 aliphatic carbocycles. The van der Waals surface area contributed by atoms with E-state index in [4.69, 9.17) is 14.2 Å². The van der Waals surface area contributed by atoms with Gasteiger partial charge in [0, 0.05) is 31.1 Å². The van der Waals surface area contributed by atoms with Crippen LogP contribution in [0, 0.1) is 0 Å². The molecule has 13 heteroatoms. The molecule has 0 unspecified atom stereocenters. The van der Waals surface area contributed by atoms with Gasteiger partial charge in [0.05, 0.1) is 41.6 Å². The van der Waals surface area contributed by atoms with E-state index in [0.717, 1.165) is 46.0 Å². The number of rotatable bonds is 6. The number of amides is 3. The third-order valence-electron chi connectivity index (χ3n) is 7.69. The summed E-state index contributed by atoms with van der Waals surface area (Å²) in [6.07, 6.45) is 2.44. The van der Waals surface area contributed by atoms with Gasteiger partial charge in [-0.05, 0) is 43.9 Å². The number of imide groups is 1. The fourth-order valence-corrected chi connectivity index (χ4v) is 5.55. The Morgan fingerprint density at radius 3 is 2.41 bits per heavy atom. The molecule has 3 aromatic rings. The number of anilines is 1. The summed E-state index contributed by atoms with van der Waals surface area (Å²) in [4.78, 5) is 40.4. The minimum Gasteiger partial charge on any atom is -0.490 e. The lowest BCUT2D eigenvalue weighted by molar-refractivity contribution is -0.137. The van der Waals surface area contributed by atoms with E-state index in [1.165, 1.54) is 6.33 Å². The third kappa shape index (κ3) is 5.76. The van der Waals surface area contributed by atoms with Crippen LogP contribution in [0.15, 0.2) is 43.0 Å². The highest BCUT2D eigenvalue weighted by atomic mass is 19.4. The van der Waals surface area contributed by atoms with E-state index in [2.05, 4.69) is 15.0 Å². The van der Waals surface area contributed by atoms with Crippen molar-refractivity contribution in [1.29, 1.82) is 0 Å². The first-order valence-electron chi connectivity index (χ1n) is 13.6. The van der Waals surface area contributed by atoms with Crippen molar-refractivity contribution in [2.75, 3.05) is 24.7 Å². The first kappa shape index (κ1) is 27.2. The van der Waals surface area contributed by atoms with Gasteiger partial charge in [-0.3, -0.25) is 19.6 Å². The molecule has 2 aliphatic heterocycles. The molecule has 0 atom stereocenters. The Hall–Kier alpha value is -4.00. The van der Waals surface area contributed by atoms with Crippen LogP contribution in [0.25, 0.3) is 10.9 Å². The van der Waals surface area contributed by atoms with Crippen molar-refractivity contribution in [3.8, 4) is 11.6 Å². The number of alkyl halides is 3. The fraction of sp³-hybridized carbons (Fsp3) is 0.464. The zero-order valence-electron chi connectivity index (χ0n) is 22.0. The summed E-state index contributed by atoms with van der Waals surface area (Å²) < 4.78 is 57.1. The Morgan fingerprint density at radius 1 is 0.902 bits per heavy atom. The summed E-state index contributed by atoms with van der Waals surface area (Å²) in [5.41, 5.74) is -0.341. The maximum Gasteiger partial charge on any atom is 0.417 e. The minimum atomic E-state index is -4.61. The van der Waals surface area contributed by atoms with Gasteiger partial charge in [0.1, 0.15) is 30.8 Å². The maximum atomic E-state index is 13.1. The van der Waals surface area contributed by atoms with Crippen LogP contribution in [0.4, 0.5) is 23.7 Å². The second-order valence-corrected chi connectivity index (χ2v) is 10.4. The van der Waals surface area contributed by atoms with E-state index in [0.29, 0.717) is 56.5 Å². The summed E-state index contributed by atoms with van der Waals surface area (Å²) in [7, 11) is 0. The number of aromatic nitrogens is 3. The topological polar surface area (TPSA) is 107 Å². The average Bonchev–Trinajstić information content (AvgIpc) is 3.27. The van der Waals surface area contributed by atoms with Gasteiger partial charge in [-0.15, -0.1) is 0 Å². The number of nitrogens with zero attached hydrogens (tertiary/aromatic N) is 5. The Balaban J connectivity index is 1.08. The van der Waals surface area contributed by atoms with Crippen molar-refractivity contribution in [3.63, 3.8) is 0 Å². The number of urea groups is 1. The highest BCUT2D eigenvalue weighted by Gasteiger charge is 2.43. The lowest BCUT2D eigenvalue weighted by Crippen LogP contribution is -2.44. The number of fused-ring (bicyclic) bond motifs is 1. The number of ether oxygens (including phenoxy) is 3. The van der Waals surface area contributed by atoms with Crippen molar-refractivity contribution in [1.82, 2.24) is 19.9 Å². The van der Waals surface area contributed by atoms with Crippen LogP contribution < -0.4 is 14.4 Å². The van der Waals surface area contributed by atoms with Crippen molar-refractivity contribution >= 4 is 28.5 Å². The van der Waals surface area contributed by atoms with Gasteiger partial charge >= 0.3 is 12.2 Å². The Labute approximate surface area is 233 Å². The molecule has 41 heavy (non-hydrogen) atoms. The number of carbonyl (C=O) groups is 2. The first-order chi connectivity index (χ1) is 19.8. The van der Waals surface area contributed by atoms with Crippen LogP contribution in [0.2, 0.25) is 0 Å². The normalized spacial score (nSPS) is 22.4. The predicted molar refractivity (Wildman–Crippen MR) is 140 cm³/mol. The zero-order valence-corrected chi connectivity index (χ0v) is 22.0. The van der Waals surface area contributed by atoms with Crippen LogP contribution in [-0.2, 0) is 15.7 Å². The molecule has 10 nitrogen and oxygen atoms in total. The van der Waals surface area contributed by atoms with E-state index < -0.39 is 23.7 Å². The summed E-state index contributed by atoms with van der Waals surface area (Å²) >= 11 is 0. The van der Waals surface area contributed by atoms with Gasteiger partial charge in [-0.1, -0.05) is 0 Å². The van der Waals surface area contributed by atoms with E-state index in [9.17, 15) is 22.8 Å². The number of carbonyl (C=O) groups excluding carboxylic acids is 2. The largest absolute Gasteiger partial charge is 0.490 e. The van der Waals surface area contributed by atoms with Crippen LogP contribution in [0.3, 0.4) is 0 Å². The Kier molecular flexibility index (Phi) is 7.37. The van der Waals surface area contributed by atoms with Gasteiger partial charge in [-0.25, -0.2) is 14.8 Å². The molecule has 0 spiro atoms. The highest BCUT2D eigenvalue weighted by Crippen LogP contribution is 2.35. The molecule has 3 fully saturated rings. The molecule has 2 aromatic heterocycles. The molecular weight excluding hydrogens is 543 g/mol. The standard InChI is InChI=1S/C28H28F3N5O5/c29-28(30,31)17-11-19(14-32-13-17)35-15-25(37)36(27(35)38)18-1-3-20(4-2-18)41-26-23-6-5-22(12-24(23)33-16-34-26)40-21-7-9-39-10-8-21/h5-6,11-14,16,18,20-21H,1-4,7-10,15H2. The van der Waals surface area contributed by atoms with Gasteiger partial charge < -0.3 is 14.2 Å². The molecule has 3 amide bonds. The number of pyridine rings is 1. The molecule has 0 bridgehead atoms. The summed E-state index contributed by atoms with van der Waals surface area (Å²) in [6, 6.07) is 5.45. The van der Waals surface area contributed by atoms with Crippen LogP contribution in [-0.4, -0.2) is 69.8 Å². The van der Waals surface area contributed by atoms with Gasteiger partial charge in [0.25, 0.3) is 5.91 Å². The quantitative estimate of drug-likeness (QED) is 0.390. The first-order valence-corrected chi connectivity index (χ1v) is 13.6. The molecule has 2 saturated heterocycles. The lowest BCUT2D eigenvalue weighted by atomic mass is 9.92.